The Labute approximate surface area is 142 Å². The quantitative estimate of drug-likeness (QED) is 0.794. The zero-order chi connectivity index (χ0) is 17.7. The van der Waals surface area contributed by atoms with Crippen LogP contribution in [0.2, 0.25) is 0 Å². The SMILES string of the molecule is COc1cccc(CNC(=O)Nc2ccc(C(C)(C)C)cc2)c1O. The van der Waals surface area contributed by atoms with Crippen molar-refractivity contribution in [2.45, 2.75) is 32.7 Å². The molecule has 0 saturated heterocycles. The molecule has 0 aliphatic carbocycles. The van der Waals surface area contributed by atoms with Crippen molar-refractivity contribution >= 4 is 11.7 Å². The van der Waals surface area contributed by atoms with Crippen molar-refractivity contribution in [3.63, 3.8) is 0 Å². The van der Waals surface area contributed by atoms with Crippen molar-refractivity contribution in [3.05, 3.63) is 53.6 Å². The minimum absolute atomic E-state index is 0.0369. The van der Waals surface area contributed by atoms with Crippen LogP contribution in [0.15, 0.2) is 42.5 Å². The molecule has 3 N–H and O–H groups in total. The number of anilines is 1. The van der Waals surface area contributed by atoms with Gasteiger partial charge in [-0.3, -0.25) is 0 Å². The van der Waals surface area contributed by atoms with E-state index in [1.165, 1.54) is 12.7 Å². The summed E-state index contributed by atoms with van der Waals surface area (Å²) in [5.41, 5.74) is 2.59. The largest absolute Gasteiger partial charge is 0.504 e. The number of ether oxygens (including phenoxy) is 1. The Morgan fingerprint density at radius 2 is 1.79 bits per heavy atom. The predicted octanol–water partition coefficient (Wildman–Crippen LogP) is 4.02. The molecular weight excluding hydrogens is 304 g/mol. The highest BCUT2D eigenvalue weighted by Crippen LogP contribution is 2.29. The standard InChI is InChI=1S/C19H24N2O3/c1-19(2,3)14-8-10-15(11-9-14)21-18(23)20-12-13-6-5-7-16(24-4)17(13)22/h5-11,22H,12H2,1-4H3,(H2,20,21,23). The number of rotatable bonds is 4. The lowest BCUT2D eigenvalue weighted by molar-refractivity contribution is 0.251. The van der Waals surface area contributed by atoms with Crippen LogP contribution in [0.5, 0.6) is 11.5 Å². The molecule has 2 aromatic rings. The fourth-order valence-corrected chi connectivity index (χ4v) is 2.28. The van der Waals surface area contributed by atoms with E-state index in [0.717, 1.165) is 5.69 Å². The second kappa shape index (κ2) is 7.25. The number of carbonyl (C=O) groups is 1. The monoisotopic (exact) mass is 328 g/mol. The Balaban J connectivity index is 1.94. The summed E-state index contributed by atoms with van der Waals surface area (Å²) < 4.78 is 5.05. The maximum absolute atomic E-state index is 12.0. The third kappa shape index (κ3) is 4.41. The maximum atomic E-state index is 12.0. The van der Waals surface area contributed by atoms with Crippen molar-refractivity contribution in [3.8, 4) is 11.5 Å². The molecule has 5 heteroatoms. The molecule has 5 nitrogen and oxygen atoms in total. The molecule has 24 heavy (non-hydrogen) atoms. The van der Waals surface area contributed by atoms with Gasteiger partial charge in [-0.15, -0.1) is 0 Å². The molecule has 0 bridgehead atoms. The highest BCUT2D eigenvalue weighted by atomic mass is 16.5. The summed E-state index contributed by atoms with van der Waals surface area (Å²) >= 11 is 0. The van der Waals surface area contributed by atoms with Crippen LogP contribution >= 0.6 is 0 Å². The first-order chi connectivity index (χ1) is 11.3. The van der Waals surface area contributed by atoms with Crippen LogP contribution < -0.4 is 15.4 Å². The minimum Gasteiger partial charge on any atom is -0.504 e. The second-order valence-electron chi connectivity index (χ2n) is 6.60. The normalized spacial score (nSPS) is 11.0. The summed E-state index contributed by atoms with van der Waals surface area (Å²) in [6.45, 7) is 6.63. The molecule has 0 aliphatic rings. The summed E-state index contributed by atoms with van der Waals surface area (Å²) in [6.07, 6.45) is 0. The predicted molar refractivity (Wildman–Crippen MR) is 95.7 cm³/mol. The molecule has 0 radical (unpaired) electrons. The summed E-state index contributed by atoms with van der Waals surface area (Å²) in [6, 6.07) is 12.6. The number of hydrogen-bond donors (Lipinski definition) is 3. The van der Waals surface area contributed by atoms with E-state index < -0.39 is 0 Å². The minimum atomic E-state index is -0.333. The molecular formula is C19H24N2O3. The van der Waals surface area contributed by atoms with Gasteiger partial charge in [-0.2, -0.15) is 0 Å². The second-order valence-corrected chi connectivity index (χ2v) is 6.60. The van der Waals surface area contributed by atoms with Crippen molar-refractivity contribution in [1.29, 1.82) is 0 Å². The number of nitrogens with one attached hydrogen (secondary N) is 2. The molecule has 2 aromatic carbocycles. The summed E-state index contributed by atoms with van der Waals surface area (Å²) in [5.74, 6) is 0.419. The molecule has 2 amide bonds. The van der Waals surface area contributed by atoms with Gasteiger partial charge in [0.2, 0.25) is 0 Å². The van der Waals surface area contributed by atoms with Gasteiger partial charge < -0.3 is 20.5 Å². The Kier molecular flexibility index (Phi) is 5.34. The van der Waals surface area contributed by atoms with Gasteiger partial charge >= 0.3 is 6.03 Å². The Hall–Kier alpha value is -2.69. The van der Waals surface area contributed by atoms with E-state index in [-0.39, 0.29) is 23.7 Å². The first-order valence-corrected chi connectivity index (χ1v) is 7.81. The molecule has 0 fully saturated rings. The van der Waals surface area contributed by atoms with Crippen molar-refractivity contribution in [1.82, 2.24) is 5.32 Å². The third-order valence-electron chi connectivity index (χ3n) is 3.75. The molecule has 0 unspecified atom stereocenters. The summed E-state index contributed by atoms with van der Waals surface area (Å²) in [7, 11) is 1.49. The van der Waals surface area contributed by atoms with Crippen molar-refractivity contribution in [2.75, 3.05) is 12.4 Å². The molecule has 0 aliphatic heterocycles. The first kappa shape index (κ1) is 17.7. The van der Waals surface area contributed by atoms with E-state index in [2.05, 4.69) is 31.4 Å². The lowest BCUT2D eigenvalue weighted by Gasteiger charge is -2.19. The fourth-order valence-electron chi connectivity index (χ4n) is 2.28. The van der Waals surface area contributed by atoms with Crippen LogP contribution in [0, 0.1) is 0 Å². The first-order valence-electron chi connectivity index (χ1n) is 7.81. The maximum Gasteiger partial charge on any atom is 0.319 e. The molecule has 0 spiro atoms. The summed E-state index contributed by atoms with van der Waals surface area (Å²) in [5, 5.41) is 15.5. The highest BCUT2D eigenvalue weighted by Gasteiger charge is 2.13. The average Bonchev–Trinajstić information content (AvgIpc) is 2.53. The van der Waals surface area contributed by atoms with Gasteiger partial charge in [-0.25, -0.2) is 4.79 Å². The van der Waals surface area contributed by atoms with E-state index in [4.69, 9.17) is 4.74 Å². The molecule has 2 rings (SSSR count). The van der Waals surface area contributed by atoms with E-state index in [1.807, 2.05) is 24.3 Å². The molecule has 0 atom stereocenters. The number of urea groups is 1. The van der Waals surface area contributed by atoms with E-state index in [0.29, 0.717) is 11.3 Å². The zero-order valence-corrected chi connectivity index (χ0v) is 14.5. The van der Waals surface area contributed by atoms with Crippen LogP contribution in [0.25, 0.3) is 0 Å². The number of aromatic hydroxyl groups is 1. The van der Waals surface area contributed by atoms with Gasteiger partial charge in [-0.1, -0.05) is 45.0 Å². The number of phenolic OH excluding ortho intramolecular Hbond substituents is 1. The topological polar surface area (TPSA) is 70.6 Å². The van der Waals surface area contributed by atoms with Crippen LogP contribution in [0.3, 0.4) is 0 Å². The van der Waals surface area contributed by atoms with Gasteiger partial charge in [0.25, 0.3) is 0 Å². The van der Waals surface area contributed by atoms with E-state index in [1.54, 1.807) is 18.2 Å². The average molecular weight is 328 g/mol. The highest BCUT2D eigenvalue weighted by molar-refractivity contribution is 5.89. The fraction of sp³-hybridized carbons (Fsp3) is 0.316. The zero-order valence-electron chi connectivity index (χ0n) is 14.5. The Morgan fingerprint density at radius 3 is 2.38 bits per heavy atom. The van der Waals surface area contributed by atoms with Gasteiger partial charge in [0.15, 0.2) is 11.5 Å². The number of carbonyl (C=O) groups excluding carboxylic acids is 1. The lowest BCUT2D eigenvalue weighted by atomic mass is 9.87. The number of benzene rings is 2. The van der Waals surface area contributed by atoms with E-state index in [9.17, 15) is 9.90 Å². The van der Waals surface area contributed by atoms with Crippen LogP contribution in [-0.2, 0) is 12.0 Å². The molecule has 0 heterocycles. The Bertz CT molecular complexity index is 704. The van der Waals surface area contributed by atoms with Crippen molar-refractivity contribution in [2.24, 2.45) is 0 Å². The number of methoxy groups -OCH3 is 1. The van der Waals surface area contributed by atoms with Gasteiger partial charge in [0, 0.05) is 17.8 Å². The van der Waals surface area contributed by atoms with Crippen molar-refractivity contribution < 1.29 is 14.6 Å². The number of phenols is 1. The molecule has 128 valence electrons. The van der Waals surface area contributed by atoms with Gasteiger partial charge in [0.1, 0.15) is 0 Å². The Morgan fingerprint density at radius 1 is 1.12 bits per heavy atom. The number of hydrogen-bond acceptors (Lipinski definition) is 3. The van der Waals surface area contributed by atoms with Gasteiger partial charge in [-0.05, 0) is 29.2 Å². The van der Waals surface area contributed by atoms with Gasteiger partial charge in [0.05, 0.1) is 7.11 Å². The van der Waals surface area contributed by atoms with Crippen LogP contribution in [0.4, 0.5) is 10.5 Å². The molecule has 0 saturated carbocycles. The smallest absolute Gasteiger partial charge is 0.319 e. The summed E-state index contributed by atoms with van der Waals surface area (Å²) in [4.78, 5) is 12.0. The number of para-hydroxylation sites is 1. The molecule has 0 aromatic heterocycles. The lowest BCUT2D eigenvalue weighted by Crippen LogP contribution is -2.28. The number of amides is 2. The van der Waals surface area contributed by atoms with E-state index >= 15 is 0 Å². The van der Waals surface area contributed by atoms with Crippen LogP contribution in [-0.4, -0.2) is 18.2 Å². The third-order valence-corrected chi connectivity index (χ3v) is 3.75. The van der Waals surface area contributed by atoms with Crippen LogP contribution in [0.1, 0.15) is 31.9 Å².